The van der Waals surface area contributed by atoms with Crippen molar-refractivity contribution in [1.29, 1.82) is 0 Å². The number of aromatic nitrogens is 2. The van der Waals surface area contributed by atoms with Crippen molar-refractivity contribution < 1.29 is 22.8 Å². The molecule has 9 heteroatoms. The number of para-hydroxylation sites is 1. The Hall–Kier alpha value is -2.84. The van der Waals surface area contributed by atoms with Gasteiger partial charge in [0.25, 0.3) is 0 Å². The standard InChI is InChI=1S/C25H31F3N4O2/c1-18(33)31-14-8-4-2-3-7-13-30(16-20-9-5-6-10-21(20)31)24(34)17-32-22(19-11-12-19)15-23(29-32)25(26,27)28/h5-6,9-10,15,19H,2-4,7-8,11-14,16-17H2,1H3. The number of fused-ring (bicyclic) bond motifs is 1. The van der Waals surface area contributed by atoms with E-state index in [0.29, 0.717) is 25.3 Å². The zero-order valence-corrected chi connectivity index (χ0v) is 19.5. The van der Waals surface area contributed by atoms with E-state index in [2.05, 4.69) is 5.10 Å². The van der Waals surface area contributed by atoms with Crippen molar-refractivity contribution in [2.24, 2.45) is 0 Å². The summed E-state index contributed by atoms with van der Waals surface area (Å²) in [7, 11) is 0. The van der Waals surface area contributed by atoms with E-state index in [1.807, 2.05) is 24.3 Å². The Morgan fingerprint density at radius 3 is 2.38 bits per heavy atom. The third-order valence-corrected chi connectivity index (χ3v) is 6.57. The first-order valence-electron chi connectivity index (χ1n) is 12.0. The number of nitrogens with zero attached hydrogens (tertiary/aromatic N) is 4. The fourth-order valence-corrected chi connectivity index (χ4v) is 4.59. The number of carbonyl (C=O) groups is 2. The van der Waals surface area contributed by atoms with Gasteiger partial charge in [-0.2, -0.15) is 18.3 Å². The van der Waals surface area contributed by atoms with Gasteiger partial charge in [0.1, 0.15) is 6.54 Å². The zero-order valence-electron chi connectivity index (χ0n) is 19.5. The lowest BCUT2D eigenvalue weighted by Gasteiger charge is -2.29. The average Bonchev–Trinajstić information content (AvgIpc) is 3.52. The van der Waals surface area contributed by atoms with Crippen LogP contribution in [0.1, 0.15) is 74.7 Å². The van der Waals surface area contributed by atoms with Crippen LogP contribution in [0, 0.1) is 0 Å². The lowest BCUT2D eigenvalue weighted by Crippen LogP contribution is -2.36. The molecule has 0 atom stereocenters. The summed E-state index contributed by atoms with van der Waals surface area (Å²) in [4.78, 5) is 29.2. The fraction of sp³-hybridized carbons (Fsp3) is 0.560. The van der Waals surface area contributed by atoms with Crippen molar-refractivity contribution in [3.05, 3.63) is 47.3 Å². The van der Waals surface area contributed by atoms with E-state index < -0.39 is 11.9 Å². The zero-order chi connectivity index (χ0) is 24.3. The van der Waals surface area contributed by atoms with Crippen LogP contribution < -0.4 is 4.90 Å². The van der Waals surface area contributed by atoms with Crippen LogP contribution in [0.5, 0.6) is 0 Å². The highest BCUT2D eigenvalue weighted by molar-refractivity contribution is 5.92. The van der Waals surface area contributed by atoms with Crippen molar-refractivity contribution in [2.75, 3.05) is 18.0 Å². The summed E-state index contributed by atoms with van der Waals surface area (Å²) < 4.78 is 41.1. The number of alkyl halides is 3. The van der Waals surface area contributed by atoms with Gasteiger partial charge in [-0.15, -0.1) is 0 Å². The molecule has 2 heterocycles. The maximum Gasteiger partial charge on any atom is 0.435 e. The van der Waals surface area contributed by atoms with Crippen LogP contribution in [-0.4, -0.2) is 39.6 Å². The van der Waals surface area contributed by atoms with Gasteiger partial charge >= 0.3 is 6.18 Å². The minimum Gasteiger partial charge on any atom is -0.337 e. The van der Waals surface area contributed by atoms with Gasteiger partial charge in [-0.25, -0.2) is 0 Å². The van der Waals surface area contributed by atoms with Gasteiger partial charge in [-0.1, -0.05) is 37.5 Å². The molecule has 1 saturated carbocycles. The predicted octanol–water partition coefficient (Wildman–Crippen LogP) is 5.13. The third kappa shape index (κ3) is 5.80. The van der Waals surface area contributed by atoms with Crippen molar-refractivity contribution in [3.63, 3.8) is 0 Å². The average molecular weight is 477 g/mol. The normalized spacial score (nSPS) is 18.1. The summed E-state index contributed by atoms with van der Waals surface area (Å²) in [6, 6.07) is 8.63. The Bertz CT molecular complexity index is 1030. The Labute approximate surface area is 197 Å². The quantitative estimate of drug-likeness (QED) is 0.618. The summed E-state index contributed by atoms with van der Waals surface area (Å²) in [6.45, 7) is 2.75. The molecule has 0 N–H and O–H groups in total. The number of carbonyl (C=O) groups excluding carboxylic acids is 2. The topological polar surface area (TPSA) is 58.4 Å². The minimum absolute atomic E-state index is 0.0348. The van der Waals surface area contributed by atoms with Gasteiger partial charge in [0, 0.05) is 43.9 Å². The molecule has 1 aromatic heterocycles. The minimum atomic E-state index is -4.54. The lowest BCUT2D eigenvalue weighted by atomic mass is 10.1. The highest BCUT2D eigenvalue weighted by Crippen LogP contribution is 2.42. The van der Waals surface area contributed by atoms with E-state index in [4.69, 9.17) is 0 Å². The number of rotatable bonds is 3. The van der Waals surface area contributed by atoms with Crippen LogP contribution in [-0.2, 0) is 28.9 Å². The summed E-state index contributed by atoms with van der Waals surface area (Å²) in [6.07, 6.45) is 1.80. The van der Waals surface area contributed by atoms with E-state index in [0.717, 1.165) is 62.3 Å². The number of halogens is 3. The SMILES string of the molecule is CC(=O)N1CCCCCCCN(C(=O)Cn2nc(C(F)(F)F)cc2C2CC2)Cc2ccccc21. The summed E-state index contributed by atoms with van der Waals surface area (Å²) in [5.74, 6) is -0.278. The Kier molecular flexibility index (Phi) is 7.28. The monoisotopic (exact) mass is 476 g/mol. The largest absolute Gasteiger partial charge is 0.435 e. The van der Waals surface area contributed by atoms with Gasteiger partial charge < -0.3 is 9.80 Å². The van der Waals surface area contributed by atoms with Gasteiger partial charge in [-0.05, 0) is 43.4 Å². The van der Waals surface area contributed by atoms with Crippen LogP contribution in [0.2, 0.25) is 0 Å². The highest BCUT2D eigenvalue weighted by atomic mass is 19.4. The molecule has 0 unspecified atom stereocenters. The molecular weight excluding hydrogens is 445 g/mol. The molecule has 0 saturated heterocycles. The molecule has 2 aliphatic rings. The maximum atomic E-state index is 13.4. The van der Waals surface area contributed by atoms with Crippen LogP contribution in [0.25, 0.3) is 0 Å². The molecule has 1 aliphatic carbocycles. The van der Waals surface area contributed by atoms with Gasteiger partial charge in [0.15, 0.2) is 5.69 Å². The first-order valence-corrected chi connectivity index (χ1v) is 12.0. The van der Waals surface area contributed by atoms with E-state index in [1.54, 1.807) is 16.7 Å². The van der Waals surface area contributed by atoms with Crippen LogP contribution in [0.4, 0.5) is 18.9 Å². The molecule has 2 aromatic rings. The van der Waals surface area contributed by atoms with Crippen molar-refractivity contribution in [2.45, 2.75) is 77.1 Å². The summed E-state index contributed by atoms with van der Waals surface area (Å²) in [5.41, 5.74) is 1.17. The molecule has 4 rings (SSSR count). The first-order chi connectivity index (χ1) is 16.2. The van der Waals surface area contributed by atoms with Crippen molar-refractivity contribution in [3.8, 4) is 0 Å². The molecule has 1 fully saturated rings. The third-order valence-electron chi connectivity index (χ3n) is 6.57. The Morgan fingerprint density at radius 1 is 1.03 bits per heavy atom. The number of anilines is 1. The van der Waals surface area contributed by atoms with Crippen LogP contribution in [0.3, 0.4) is 0 Å². The number of amides is 2. The van der Waals surface area contributed by atoms with E-state index in [9.17, 15) is 22.8 Å². The van der Waals surface area contributed by atoms with Crippen LogP contribution in [0.15, 0.2) is 30.3 Å². The molecule has 0 radical (unpaired) electrons. The van der Waals surface area contributed by atoms with Gasteiger partial charge in [-0.3, -0.25) is 14.3 Å². The summed E-state index contributed by atoms with van der Waals surface area (Å²) >= 11 is 0. The second-order valence-electron chi connectivity index (χ2n) is 9.27. The van der Waals surface area contributed by atoms with E-state index in [-0.39, 0.29) is 24.3 Å². The van der Waals surface area contributed by atoms with Gasteiger partial charge in [0.2, 0.25) is 11.8 Å². The molecular formula is C25H31F3N4O2. The molecule has 1 aliphatic heterocycles. The molecule has 2 amide bonds. The molecule has 0 spiro atoms. The molecule has 1 aromatic carbocycles. The molecule has 0 bridgehead atoms. The Balaban J connectivity index is 1.60. The number of hydrogen-bond donors (Lipinski definition) is 0. The predicted molar refractivity (Wildman–Crippen MR) is 122 cm³/mol. The first kappa shape index (κ1) is 24.3. The van der Waals surface area contributed by atoms with Crippen molar-refractivity contribution in [1.82, 2.24) is 14.7 Å². The molecule has 184 valence electrons. The lowest BCUT2D eigenvalue weighted by molar-refractivity contribution is -0.142. The van der Waals surface area contributed by atoms with Crippen LogP contribution >= 0.6 is 0 Å². The van der Waals surface area contributed by atoms with Gasteiger partial charge in [0.05, 0.1) is 0 Å². The second-order valence-corrected chi connectivity index (χ2v) is 9.27. The number of benzene rings is 1. The Morgan fingerprint density at radius 2 is 1.71 bits per heavy atom. The second kappa shape index (κ2) is 10.2. The molecule has 6 nitrogen and oxygen atoms in total. The fourth-order valence-electron chi connectivity index (χ4n) is 4.59. The smallest absolute Gasteiger partial charge is 0.337 e. The summed E-state index contributed by atoms with van der Waals surface area (Å²) in [5, 5.41) is 3.75. The maximum absolute atomic E-state index is 13.4. The van der Waals surface area contributed by atoms with E-state index in [1.165, 1.54) is 4.68 Å². The molecule has 34 heavy (non-hydrogen) atoms. The number of hydrogen-bond acceptors (Lipinski definition) is 3. The van der Waals surface area contributed by atoms with E-state index >= 15 is 0 Å². The van der Waals surface area contributed by atoms with Crippen molar-refractivity contribution >= 4 is 17.5 Å². The highest BCUT2D eigenvalue weighted by Gasteiger charge is 2.38.